The number of anilines is 1. The molecule has 0 heterocycles. The molecule has 0 aliphatic carbocycles. The number of hydrogen-bond acceptors (Lipinski definition) is 3. The maximum atomic E-state index is 13.8. The minimum Gasteiger partial charge on any atom is -0.389 e. The fourth-order valence-electron chi connectivity index (χ4n) is 2.02. The molecule has 2 N–H and O–H groups in total. The molecule has 19 heavy (non-hydrogen) atoms. The zero-order valence-electron chi connectivity index (χ0n) is 11.6. The lowest BCUT2D eigenvalue weighted by molar-refractivity contribution is -0.119. The van der Waals surface area contributed by atoms with E-state index in [9.17, 15) is 14.3 Å². The molecule has 0 aromatic heterocycles. The summed E-state index contributed by atoms with van der Waals surface area (Å²) in [4.78, 5) is 13.3. The van der Waals surface area contributed by atoms with Gasteiger partial charge in [-0.3, -0.25) is 4.79 Å². The number of aliphatic hydroxyl groups is 1. The van der Waals surface area contributed by atoms with Crippen LogP contribution in [0.4, 0.5) is 10.1 Å². The Bertz CT molecular complexity index is 435. The van der Waals surface area contributed by atoms with Crippen LogP contribution in [0.3, 0.4) is 0 Å². The van der Waals surface area contributed by atoms with Gasteiger partial charge in [-0.2, -0.15) is 0 Å². The number of aliphatic hydroxyl groups excluding tert-OH is 1. The van der Waals surface area contributed by atoms with Gasteiger partial charge in [0, 0.05) is 24.8 Å². The molecular weight excluding hydrogens is 247 g/mol. The number of nitrogens with zero attached hydrogens (tertiary/aromatic N) is 1. The molecule has 4 nitrogen and oxygen atoms in total. The maximum Gasteiger partial charge on any atom is 0.239 e. The van der Waals surface area contributed by atoms with Crippen LogP contribution in [0.1, 0.15) is 31.9 Å². The lowest BCUT2D eigenvalue weighted by Gasteiger charge is -2.27. The Labute approximate surface area is 113 Å². The van der Waals surface area contributed by atoms with Crippen LogP contribution in [0.15, 0.2) is 18.2 Å². The predicted molar refractivity (Wildman–Crippen MR) is 73.6 cm³/mol. The summed E-state index contributed by atoms with van der Waals surface area (Å²) in [5, 5.41) is 12.3. The van der Waals surface area contributed by atoms with Crippen molar-refractivity contribution in [1.29, 1.82) is 0 Å². The Kier molecular flexibility index (Phi) is 5.76. The van der Waals surface area contributed by atoms with Gasteiger partial charge in [0.25, 0.3) is 0 Å². The van der Waals surface area contributed by atoms with Crippen molar-refractivity contribution < 1.29 is 14.3 Å². The summed E-state index contributed by atoms with van der Waals surface area (Å²) in [6.45, 7) is 4.27. The van der Waals surface area contributed by atoms with Gasteiger partial charge in [0.2, 0.25) is 5.91 Å². The van der Waals surface area contributed by atoms with E-state index >= 15 is 0 Å². The van der Waals surface area contributed by atoms with Crippen LogP contribution in [0.5, 0.6) is 0 Å². The number of likely N-dealkylation sites (N-methyl/N-ethyl adjacent to an activating group) is 1. The first kappa shape index (κ1) is 15.4. The Morgan fingerprint density at radius 1 is 1.53 bits per heavy atom. The van der Waals surface area contributed by atoms with Crippen LogP contribution in [0.2, 0.25) is 0 Å². The van der Waals surface area contributed by atoms with E-state index < -0.39 is 11.9 Å². The van der Waals surface area contributed by atoms with E-state index in [1.54, 1.807) is 24.1 Å². The summed E-state index contributed by atoms with van der Waals surface area (Å²) >= 11 is 0. The topological polar surface area (TPSA) is 52.6 Å². The molecule has 1 amide bonds. The number of carbonyl (C=O) groups excluding carboxylic acids is 1. The number of carbonyl (C=O) groups is 1. The fourth-order valence-corrected chi connectivity index (χ4v) is 2.02. The van der Waals surface area contributed by atoms with Crippen LogP contribution >= 0.6 is 0 Å². The highest BCUT2D eigenvalue weighted by Gasteiger charge is 2.19. The second-order valence-electron chi connectivity index (χ2n) is 4.44. The zero-order chi connectivity index (χ0) is 14.4. The van der Waals surface area contributed by atoms with Gasteiger partial charge in [-0.05, 0) is 25.5 Å². The first-order valence-corrected chi connectivity index (χ1v) is 6.43. The van der Waals surface area contributed by atoms with Crippen LogP contribution in [-0.2, 0) is 4.79 Å². The quantitative estimate of drug-likeness (QED) is 0.827. The standard InChI is InChI=1S/C14H21FN2O2/c1-4-8-17(9-13(19)16-3)12-7-5-6-11(15)14(12)10(2)18/h5-7,10,18H,4,8-9H2,1-3H3,(H,16,19). The van der Waals surface area contributed by atoms with E-state index in [2.05, 4.69) is 5.32 Å². The van der Waals surface area contributed by atoms with Crippen molar-refractivity contribution in [2.75, 3.05) is 25.0 Å². The van der Waals surface area contributed by atoms with Gasteiger partial charge in [-0.25, -0.2) is 4.39 Å². The normalized spacial score (nSPS) is 12.1. The molecule has 0 radical (unpaired) electrons. The molecule has 0 aliphatic heterocycles. The summed E-state index contributed by atoms with van der Waals surface area (Å²) in [5.74, 6) is -0.597. The molecule has 0 bridgehead atoms. The highest BCUT2D eigenvalue weighted by atomic mass is 19.1. The molecule has 0 saturated carbocycles. The third-order valence-electron chi connectivity index (χ3n) is 2.90. The van der Waals surface area contributed by atoms with Crippen molar-refractivity contribution in [3.05, 3.63) is 29.6 Å². The third kappa shape index (κ3) is 3.92. The number of hydrogen-bond donors (Lipinski definition) is 2. The van der Waals surface area contributed by atoms with Crippen molar-refractivity contribution in [2.45, 2.75) is 26.4 Å². The monoisotopic (exact) mass is 268 g/mol. The van der Waals surface area contributed by atoms with Gasteiger partial charge in [-0.1, -0.05) is 13.0 Å². The number of amides is 1. The van der Waals surface area contributed by atoms with Crippen LogP contribution < -0.4 is 10.2 Å². The second-order valence-corrected chi connectivity index (χ2v) is 4.44. The summed E-state index contributed by atoms with van der Waals surface area (Å²) < 4.78 is 13.8. The molecule has 1 atom stereocenters. The van der Waals surface area contributed by atoms with Gasteiger partial charge >= 0.3 is 0 Å². The van der Waals surface area contributed by atoms with Gasteiger partial charge in [-0.15, -0.1) is 0 Å². The first-order chi connectivity index (χ1) is 9.01. The molecule has 0 aliphatic rings. The summed E-state index contributed by atoms with van der Waals surface area (Å²) in [6, 6.07) is 4.63. The van der Waals surface area contributed by atoms with Crippen molar-refractivity contribution in [1.82, 2.24) is 5.32 Å². The van der Waals surface area contributed by atoms with Gasteiger partial charge in [0.05, 0.1) is 12.6 Å². The smallest absolute Gasteiger partial charge is 0.239 e. The lowest BCUT2D eigenvalue weighted by atomic mass is 10.1. The average molecular weight is 268 g/mol. The van der Waals surface area contributed by atoms with E-state index in [0.717, 1.165) is 6.42 Å². The molecular formula is C14H21FN2O2. The van der Waals surface area contributed by atoms with Crippen molar-refractivity contribution in [3.8, 4) is 0 Å². The van der Waals surface area contributed by atoms with Crippen molar-refractivity contribution >= 4 is 11.6 Å². The third-order valence-corrected chi connectivity index (χ3v) is 2.90. The van der Waals surface area contributed by atoms with Crippen LogP contribution in [0, 0.1) is 5.82 Å². The number of benzene rings is 1. The summed E-state index contributed by atoms with van der Waals surface area (Å²) in [7, 11) is 1.56. The first-order valence-electron chi connectivity index (χ1n) is 6.43. The number of nitrogens with one attached hydrogen (secondary N) is 1. The molecule has 1 aromatic carbocycles. The largest absolute Gasteiger partial charge is 0.389 e. The van der Waals surface area contributed by atoms with E-state index in [0.29, 0.717) is 12.2 Å². The molecule has 0 saturated heterocycles. The van der Waals surface area contributed by atoms with Crippen LogP contribution in [-0.4, -0.2) is 31.2 Å². The Morgan fingerprint density at radius 3 is 2.74 bits per heavy atom. The average Bonchev–Trinajstić information content (AvgIpc) is 2.37. The van der Waals surface area contributed by atoms with Crippen LogP contribution in [0.25, 0.3) is 0 Å². The Balaban J connectivity index is 3.14. The van der Waals surface area contributed by atoms with Gasteiger partial charge in [0.1, 0.15) is 5.82 Å². The highest BCUT2D eigenvalue weighted by Crippen LogP contribution is 2.29. The molecule has 0 spiro atoms. The predicted octanol–water partition coefficient (Wildman–Crippen LogP) is 1.84. The number of rotatable bonds is 6. The minimum atomic E-state index is -0.916. The van der Waals surface area contributed by atoms with Crippen molar-refractivity contribution in [2.24, 2.45) is 0 Å². The molecule has 1 rings (SSSR count). The number of halogens is 1. The van der Waals surface area contributed by atoms with E-state index in [1.165, 1.54) is 13.0 Å². The van der Waals surface area contributed by atoms with Crippen molar-refractivity contribution in [3.63, 3.8) is 0 Å². The molecule has 1 unspecified atom stereocenters. The van der Waals surface area contributed by atoms with E-state index in [-0.39, 0.29) is 18.0 Å². The molecule has 5 heteroatoms. The lowest BCUT2D eigenvalue weighted by Crippen LogP contribution is -2.36. The second kappa shape index (κ2) is 7.09. The van der Waals surface area contributed by atoms with Gasteiger partial charge in [0.15, 0.2) is 0 Å². The molecule has 0 fully saturated rings. The van der Waals surface area contributed by atoms with Gasteiger partial charge < -0.3 is 15.3 Å². The SMILES string of the molecule is CCCN(CC(=O)NC)c1cccc(F)c1C(C)O. The van der Waals surface area contributed by atoms with E-state index in [1.807, 2.05) is 6.92 Å². The zero-order valence-corrected chi connectivity index (χ0v) is 11.6. The summed E-state index contributed by atoms with van der Waals surface area (Å²) in [6.07, 6.45) is -0.0903. The van der Waals surface area contributed by atoms with E-state index in [4.69, 9.17) is 0 Å². The highest BCUT2D eigenvalue weighted by molar-refractivity contribution is 5.81. The molecule has 106 valence electrons. The Morgan fingerprint density at radius 2 is 2.21 bits per heavy atom. The minimum absolute atomic E-state index is 0.144. The molecule has 1 aromatic rings. The maximum absolute atomic E-state index is 13.8. The Hall–Kier alpha value is -1.62. The fraction of sp³-hybridized carbons (Fsp3) is 0.500. The summed E-state index contributed by atoms with van der Waals surface area (Å²) in [5.41, 5.74) is 0.806.